The normalized spacial score (nSPS) is 11.2. The van der Waals surface area contributed by atoms with Gasteiger partial charge in [-0.3, -0.25) is 9.36 Å². The van der Waals surface area contributed by atoms with Crippen LogP contribution in [-0.4, -0.2) is 39.7 Å². The molecule has 0 spiro atoms. The van der Waals surface area contributed by atoms with Gasteiger partial charge in [-0.05, 0) is 54.8 Å². The highest BCUT2D eigenvalue weighted by atomic mass is 32.2. The van der Waals surface area contributed by atoms with Crippen LogP contribution < -0.4 is 16.2 Å². The molecule has 8 heteroatoms. The fraction of sp³-hybridized carbons (Fsp3) is 0.190. The van der Waals surface area contributed by atoms with E-state index in [1.807, 2.05) is 73.8 Å². The molecule has 0 aliphatic carbocycles. The van der Waals surface area contributed by atoms with Crippen molar-refractivity contribution < 1.29 is 0 Å². The van der Waals surface area contributed by atoms with Crippen LogP contribution in [0.3, 0.4) is 0 Å². The number of thioether (sulfide) groups is 1. The lowest BCUT2D eigenvalue weighted by molar-refractivity contribution is 0.788. The maximum Gasteiger partial charge on any atom is 0.271 e. The van der Waals surface area contributed by atoms with Gasteiger partial charge in [-0.15, -0.1) is 11.8 Å². The zero-order chi connectivity index (χ0) is 20.7. The summed E-state index contributed by atoms with van der Waals surface area (Å²) in [6, 6.07) is 15.8. The number of nitrogen functional groups attached to an aromatic ring is 1. The third-order valence-electron chi connectivity index (χ3n) is 4.86. The molecule has 29 heavy (non-hydrogen) atoms. The van der Waals surface area contributed by atoms with Crippen molar-refractivity contribution in [1.82, 2.24) is 19.3 Å². The summed E-state index contributed by atoms with van der Waals surface area (Å²) in [6.45, 7) is 0. The summed E-state index contributed by atoms with van der Waals surface area (Å²) < 4.78 is 3.15. The number of aromatic nitrogens is 4. The predicted octanol–water partition coefficient (Wildman–Crippen LogP) is 3.16. The van der Waals surface area contributed by atoms with E-state index in [0.717, 1.165) is 21.8 Å². The van der Waals surface area contributed by atoms with Gasteiger partial charge in [0.2, 0.25) is 0 Å². The maximum absolute atomic E-state index is 13.5. The van der Waals surface area contributed by atoms with Crippen molar-refractivity contribution in [2.75, 3.05) is 31.0 Å². The fourth-order valence-corrected chi connectivity index (χ4v) is 3.71. The zero-order valence-corrected chi connectivity index (χ0v) is 17.6. The van der Waals surface area contributed by atoms with Gasteiger partial charge in [0, 0.05) is 37.3 Å². The van der Waals surface area contributed by atoms with Crippen LogP contribution in [-0.2, 0) is 7.05 Å². The van der Waals surface area contributed by atoms with E-state index in [2.05, 4.69) is 5.10 Å². The van der Waals surface area contributed by atoms with Crippen LogP contribution in [0.1, 0.15) is 0 Å². The molecular formula is C21H22N6OS. The van der Waals surface area contributed by atoms with Gasteiger partial charge in [0.25, 0.3) is 5.56 Å². The maximum atomic E-state index is 13.5. The van der Waals surface area contributed by atoms with E-state index < -0.39 is 0 Å². The molecule has 0 radical (unpaired) electrons. The van der Waals surface area contributed by atoms with Crippen LogP contribution >= 0.6 is 11.8 Å². The lowest BCUT2D eigenvalue weighted by atomic mass is 10.1. The lowest BCUT2D eigenvalue weighted by Crippen LogP contribution is -2.22. The Morgan fingerprint density at radius 3 is 2.28 bits per heavy atom. The van der Waals surface area contributed by atoms with Gasteiger partial charge in [0.05, 0.1) is 5.69 Å². The molecule has 0 aliphatic rings. The van der Waals surface area contributed by atoms with Crippen molar-refractivity contribution in [3.8, 4) is 17.1 Å². The number of aryl methyl sites for hydroxylation is 1. The van der Waals surface area contributed by atoms with Crippen molar-refractivity contribution in [3.63, 3.8) is 0 Å². The van der Waals surface area contributed by atoms with E-state index in [1.54, 1.807) is 28.1 Å². The average Bonchev–Trinajstić information content (AvgIpc) is 3.01. The molecule has 0 amide bonds. The molecule has 0 saturated heterocycles. The van der Waals surface area contributed by atoms with Gasteiger partial charge < -0.3 is 10.6 Å². The van der Waals surface area contributed by atoms with Crippen LogP contribution in [0.4, 0.5) is 11.5 Å². The van der Waals surface area contributed by atoms with E-state index in [4.69, 9.17) is 10.7 Å². The molecule has 0 bridgehead atoms. The number of anilines is 2. The predicted molar refractivity (Wildman–Crippen MR) is 120 cm³/mol. The van der Waals surface area contributed by atoms with Crippen molar-refractivity contribution in [2.24, 2.45) is 7.05 Å². The highest BCUT2D eigenvalue weighted by Gasteiger charge is 2.19. The van der Waals surface area contributed by atoms with Crippen molar-refractivity contribution in [1.29, 1.82) is 0 Å². The molecule has 0 aliphatic heterocycles. The Bertz CT molecular complexity index is 1240. The highest BCUT2D eigenvalue weighted by molar-refractivity contribution is 7.98. The summed E-state index contributed by atoms with van der Waals surface area (Å²) in [5.74, 6) is 0.733. The average molecular weight is 407 g/mol. The molecule has 4 aromatic rings. The number of fused-ring (bicyclic) bond motifs is 1. The van der Waals surface area contributed by atoms with Crippen LogP contribution in [0.5, 0.6) is 0 Å². The highest BCUT2D eigenvalue weighted by Crippen LogP contribution is 2.26. The van der Waals surface area contributed by atoms with E-state index in [9.17, 15) is 4.79 Å². The minimum Gasteiger partial charge on any atom is -0.381 e. The van der Waals surface area contributed by atoms with Crippen molar-refractivity contribution in [3.05, 3.63) is 58.9 Å². The standard InChI is InChI=1S/C21H22N6OS/c1-25(2)14-7-5-13(6-8-14)19-23-20-17(18(22)24-26(20)3)21(28)27(19)15-9-11-16(29-4)12-10-15/h5-12H,1-4H3,(H2,22,24). The Labute approximate surface area is 172 Å². The van der Waals surface area contributed by atoms with Gasteiger partial charge in [-0.2, -0.15) is 5.10 Å². The monoisotopic (exact) mass is 406 g/mol. The number of hydrogen-bond acceptors (Lipinski definition) is 6. The molecule has 0 saturated carbocycles. The van der Waals surface area contributed by atoms with Crippen LogP contribution in [0.15, 0.2) is 58.2 Å². The third kappa shape index (κ3) is 3.25. The first-order chi connectivity index (χ1) is 13.9. The molecule has 2 aromatic carbocycles. The molecule has 0 unspecified atom stereocenters. The third-order valence-corrected chi connectivity index (χ3v) is 5.60. The Kier molecular flexibility index (Phi) is 4.79. The van der Waals surface area contributed by atoms with Crippen LogP contribution in [0, 0.1) is 0 Å². The minimum absolute atomic E-state index is 0.184. The first-order valence-electron chi connectivity index (χ1n) is 9.08. The Morgan fingerprint density at radius 2 is 1.69 bits per heavy atom. The first kappa shape index (κ1) is 19.1. The Balaban J connectivity index is 2.03. The summed E-state index contributed by atoms with van der Waals surface area (Å²) >= 11 is 1.65. The Hall–Kier alpha value is -3.26. The van der Waals surface area contributed by atoms with Gasteiger partial charge in [0.1, 0.15) is 11.2 Å². The summed E-state index contributed by atoms with van der Waals surface area (Å²) in [4.78, 5) is 21.4. The second-order valence-corrected chi connectivity index (χ2v) is 7.80. The molecule has 4 rings (SSSR count). The number of nitrogens with two attached hydrogens (primary N) is 1. The van der Waals surface area contributed by atoms with Gasteiger partial charge in [0.15, 0.2) is 11.5 Å². The van der Waals surface area contributed by atoms with Gasteiger partial charge in [-0.1, -0.05) is 0 Å². The smallest absolute Gasteiger partial charge is 0.271 e. The Morgan fingerprint density at radius 1 is 1.03 bits per heavy atom. The van der Waals surface area contributed by atoms with Crippen LogP contribution in [0.25, 0.3) is 28.1 Å². The molecule has 2 aromatic heterocycles. The molecule has 148 valence electrons. The second-order valence-electron chi connectivity index (χ2n) is 6.92. The molecule has 0 fully saturated rings. The van der Waals surface area contributed by atoms with E-state index in [-0.39, 0.29) is 11.4 Å². The molecule has 2 heterocycles. The van der Waals surface area contributed by atoms with Gasteiger partial charge in [-0.25, -0.2) is 9.67 Å². The summed E-state index contributed by atoms with van der Waals surface area (Å²) in [7, 11) is 5.71. The minimum atomic E-state index is -0.232. The SMILES string of the molecule is CSc1ccc(-n2c(-c3ccc(N(C)C)cc3)nc3c(c(N)nn3C)c2=O)cc1. The number of hydrogen-bond donors (Lipinski definition) is 1. The quantitative estimate of drug-likeness (QED) is 0.524. The van der Waals surface area contributed by atoms with E-state index in [1.165, 1.54) is 0 Å². The molecule has 2 N–H and O–H groups in total. The van der Waals surface area contributed by atoms with E-state index >= 15 is 0 Å². The fourth-order valence-electron chi connectivity index (χ4n) is 3.30. The van der Waals surface area contributed by atoms with E-state index in [0.29, 0.717) is 16.9 Å². The zero-order valence-electron chi connectivity index (χ0n) is 16.7. The number of benzene rings is 2. The molecule has 7 nitrogen and oxygen atoms in total. The van der Waals surface area contributed by atoms with Gasteiger partial charge >= 0.3 is 0 Å². The second kappa shape index (κ2) is 7.29. The molecular weight excluding hydrogens is 384 g/mol. The van der Waals surface area contributed by atoms with Crippen molar-refractivity contribution >= 4 is 34.3 Å². The largest absolute Gasteiger partial charge is 0.381 e. The summed E-state index contributed by atoms with van der Waals surface area (Å²) in [5.41, 5.74) is 8.89. The number of nitrogens with zero attached hydrogens (tertiary/aromatic N) is 5. The van der Waals surface area contributed by atoms with Crippen molar-refractivity contribution in [2.45, 2.75) is 4.90 Å². The summed E-state index contributed by atoms with van der Waals surface area (Å²) in [5, 5.41) is 4.52. The number of rotatable bonds is 4. The lowest BCUT2D eigenvalue weighted by Gasteiger charge is -2.15. The first-order valence-corrected chi connectivity index (χ1v) is 10.3. The van der Waals surface area contributed by atoms with Crippen LogP contribution in [0.2, 0.25) is 0 Å². The summed E-state index contributed by atoms with van der Waals surface area (Å²) in [6.07, 6.45) is 2.02. The molecule has 0 atom stereocenters. The topological polar surface area (TPSA) is 82.0 Å².